The number of hydrogen-bond acceptors (Lipinski definition) is 3. The van der Waals surface area contributed by atoms with Gasteiger partial charge in [0.2, 0.25) is 0 Å². The van der Waals surface area contributed by atoms with Gasteiger partial charge >= 0.3 is 0 Å². The fraction of sp³-hybridized carbons (Fsp3) is 0.571. The first-order valence-electron chi connectivity index (χ1n) is 3.63. The van der Waals surface area contributed by atoms with Crippen LogP contribution < -0.4 is 10.9 Å². The zero-order valence-corrected chi connectivity index (χ0v) is 7.18. The van der Waals surface area contributed by atoms with Crippen molar-refractivity contribution in [2.75, 3.05) is 7.05 Å². The van der Waals surface area contributed by atoms with Crippen molar-refractivity contribution in [3.8, 4) is 0 Å². The molecule has 0 fully saturated rings. The minimum atomic E-state index is 0.762. The van der Waals surface area contributed by atoms with Gasteiger partial charge in [-0.2, -0.15) is 5.10 Å². The van der Waals surface area contributed by atoms with E-state index in [1.54, 1.807) is 0 Å². The Kier molecular flexibility index (Phi) is 2.62. The van der Waals surface area contributed by atoms with Crippen LogP contribution in [-0.4, -0.2) is 16.8 Å². The first-order valence-corrected chi connectivity index (χ1v) is 3.63. The van der Waals surface area contributed by atoms with Gasteiger partial charge in [0.05, 0.1) is 12.2 Å². The molecule has 4 heteroatoms. The molecule has 1 aromatic heterocycles. The number of hydrazine groups is 1. The molecule has 0 spiro atoms. The fourth-order valence-electron chi connectivity index (χ4n) is 0.900. The van der Waals surface area contributed by atoms with E-state index in [9.17, 15) is 0 Å². The predicted octanol–water partition coefficient (Wildman–Crippen LogP) is -0.0475. The maximum Gasteiger partial charge on any atom is 0.0779 e. The van der Waals surface area contributed by atoms with Crippen LogP contribution in [0.25, 0.3) is 0 Å². The van der Waals surface area contributed by atoms with Crippen molar-refractivity contribution in [2.24, 2.45) is 7.05 Å². The molecule has 11 heavy (non-hydrogen) atoms. The Bertz CT molecular complexity index is 209. The third-order valence-electron chi connectivity index (χ3n) is 1.61. The van der Waals surface area contributed by atoms with E-state index in [4.69, 9.17) is 0 Å². The summed E-state index contributed by atoms with van der Waals surface area (Å²) in [5.41, 5.74) is 8.06. The van der Waals surface area contributed by atoms with Crippen LogP contribution in [0.5, 0.6) is 0 Å². The molecule has 0 unspecified atom stereocenters. The molecule has 0 aliphatic rings. The van der Waals surface area contributed by atoms with E-state index in [1.807, 2.05) is 25.7 Å². The molecule has 4 nitrogen and oxygen atoms in total. The van der Waals surface area contributed by atoms with Gasteiger partial charge in [-0.1, -0.05) is 0 Å². The van der Waals surface area contributed by atoms with Crippen LogP contribution in [0, 0.1) is 6.92 Å². The second-order valence-corrected chi connectivity index (χ2v) is 2.50. The number of nitrogens with zero attached hydrogens (tertiary/aromatic N) is 2. The summed E-state index contributed by atoms with van der Waals surface area (Å²) in [6.07, 6.45) is 0. The number of nitrogens with one attached hydrogen (secondary N) is 2. The molecular weight excluding hydrogens is 140 g/mol. The van der Waals surface area contributed by atoms with Crippen molar-refractivity contribution in [1.82, 2.24) is 20.6 Å². The summed E-state index contributed by atoms with van der Waals surface area (Å²) in [7, 11) is 3.79. The summed E-state index contributed by atoms with van der Waals surface area (Å²) in [4.78, 5) is 0. The zero-order chi connectivity index (χ0) is 8.27. The maximum atomic E-state index is 4.26. The first-order chi connectivity index (χ1) is 5.24. The van der Waals surface area contributed by atoms with Crippen LogP contribution >= 0.6 is 0 Å². The Hall–Kier alpha value is -0.870. The number of aromatic nitrogens is 2. The molecule has 0 aliphatic heterocycles. The van der Waals surface area contributed by atoms with E-state index in [1.165, 1.54) is 5.69 Å². The highest BCUT2D eigenvalue weighted by Gasteiger charge is 1.98. The van der Waals surface area contributed by atoms with Gasteiger partial charge in [0, 0.05) is 12.7 Å². The van der Waals surface area contributed by atoms with E-state index < -0.39 is 0 Å². The van der Waals surface area contributed by atoms with Gasteiger partial charge in [-0.3, -0.25) is 15.5 Å². The largest absolute Gasteiger partial charge is 0.273 e. The molecule has 1 heterocycles. The van der Waals surface area contributed by atoms with E-state index >= 15 is 0 Å². The SMILES string of the molecule is CNNCc1cc(C)n(C)n1. The van der Waals surface area contributed by atoms with Crippen LogP contribution in [0.1, 0.15) is 11.4 Å². The zero-order valence-electron chi connectivity index (χ0n) is 7.18. The van der Waals surface area contributed by atoms with Crippen molar-refractivity contribution < 1.29 is 0 Å². The van der Waals surface area contributed by atoms with E-state index in [0.717, 1.165) is 12.2 Å². The van der Waals surface area contributed by atoms with E-state index in [0.29, 0.717) is 0 Å². The minimum absolute atomic E-state index is 0.762. The normalized spacial score (nSPS) is 10.5. The van der Waals surface area contributed by atoms with Crippen molar-refractivity contribution in [3.05, 3.63) is 17.5 Å². The summed E-state index contributed by atoms with van der Waals surface area (Å²) in [5.74, 6) is 0. The molecule has 2 N–H and O–H groups in total. The average Bonchev–Trinajstić information content (AvgIpc) is 2.28. The smallest absolute Gasteiger partial charge is 0.0779 e. The molecule has 0 bridgehead atoms. The van der Waals surface area contributed by atoms with Crippen LogP contribution in [0.2, 0.25) is 0 Å². The maximum absolute atomic E-state index is 4.26. The molecule has 1 aromatic rings. The third kappa shape index (κ3) is 2.03. The van der Waals surface area contributed by atoms with Crippen LogP contribution in [0.15, 0.2) is 6.07 Å². The van der Waals surface area contributed by atoms with Crippen molar-refractivity contribution in [1.29, 1.82) is 0 Å². The van der Waals surface area contributed by atoms with Crippen LogP contribution in [0.4, 0.5) is 0 Å². The number of rotatable bonds is 3. The predicted molar refractivity (Wildman–Crippen MR) is 43.8 cm³/mol. The van der Waals surface area contributed by atoms with Gasteiger partial charge in [-0.25, -0.2) is 0 Å². The molecular formula is C7H14N4. The summed E-state index contributed by atoms with van der Waals surface area (Å²) >= 11 is 0. The second-order valence-electron chi connectivity index (χ2n) is 2.50. The van der Waals surface area contributed by atoms with Gasteiger partial charge in [-0.05, 0) is 20.0 Å². The van der Waals surface area contributed by atoms with Gasteiger partial charge in [0.1, 0.15) is 0 Å². The number of hydrogen-bond donors (Lipinski definition) is 2. The van der Waals surface area contributed by atoms with Crippen LogP contribution in [-0.2, 0) is 13.6 Å². The Balaban J connectivity index is 2.58. The Morgan fingerprint density at radius 2 is 2.36 bits per heavy atom. The molecule has 62 valence electrons. The Morgan fingerprint density at radius 3 is 2.82 bits per heavy atom. The summed E-state index contributed by atoms with van der Waals surface area (Å²) < 4.78 is 1.87. The lowest BCUT2D eigenvalue weighted by molar-refractivity contribution is 0.579. The second kappa shape index (κ2) is 3.50. The summed E-state index contributed by atoms with van der Waals surface area (Å²) in [6.45, 7) is 2.80. The molecule has 1 rings (SSSR count). The lowest BCUT2D eigenvalue weighted by atomic mass is 10.4. The fourth-order valence-corrected chi connectivity index (χ4v) is 0.900. The van der Waals surface area contributed by atoms with E-state index in [-0.39, 0.29) is 0 Å². The molecule has 0 aromatic carbocycles. The summed E-state index contributed by atoms with van der Waals surface area (Å²) in [6, 6.07) is 2.06. The van der Waals surface area contributed by atoms with Crippen molar-refractivity contribution in [2.45, 2.75) is 13.5 Å². The van der Waals surface area contributed by atoms with Gasteiger partial charge in [0.15, 0.2) is 0 Å². The molecule has 0 aliphatic carbocycles. The molecule has 0 saturated heterocycles. The Labute approximate surface area is 66.6 Å². The standard InChI is InChI=1S/C7H14N4/c1-6-4-7(5-9-8-2)10-11(6)3/h4,8-9H,5H2,1-3H3. The number of aryl methyl sites for hydroxylation is 2. The highest BCUT2D eigenvalue weighted by molar-refractivity contribution is 5.07. The third-order valence-corrected chi connectivity index (χ3v) is 1.61. The van der Waals surface area contributed by atoms with Gasteiger partial charge in [0.25, 0.3) is 0 Å². The molecule has 0 radical (unpaired) electrons. The Morgan fingerprint density at radius 1 is 1.64 bits per heavy atom. The monoisotopic (exact) mass is 154 g/mol. The van der Waals surface area contributed by atoms with Gasteiger partial charge < -0.3 is 0 Å². The molecule has 0 saturated carbocycles. The summed E-state index contributed by atoms with van der Waals surface area (Å²) in [5, 5.41) is 4.26. The van der Waals surface area contributed by atoms with Crippen molar-refractivity contribution in [3.63, 3.8) is 0 Å². The quantitative estimate of drug-likeness (QED) is 0.600. The van der Waals surface area contributed by atoms with Crippen molar-refractivity contribution >= 4 is 0 Å². The van der Waals surface area contributed by atoms with Gasteiger partial charge in [-0.15, -0.1) is 0 Å². The first kappa shape index (κ1) is 8.23. The molecule has 0 amide bonds. The molecule has 0 atom stereocenters. The topological polar surface area (TPSA) is 41.9 Å². The highest BCUT2D eigenvalue weighted by atomic mass is 15.3. The van der Waals surface area contributed by atoms with Crippen LogP contribution in [0.3, 0.4) is 0 Å². The average molecular weight is 154 g/mol. The van der Waals surface area contributed by atoms with E-state index in [2.05, 4.69) is 22.0 Å². The lowest BCUT2D eigenvalue weighted by Gasteiger charge is -1.96. The highest BCUT2D eigenvalue weighted by Crippen LogP contribution is 1.99. The minimum Gasteiger partial charge on any atom is -0.273 e. The lowest BCUT2D eigenvalue weighted by Crippen LogP contribution is -2.26.